The van der Waals surface area contributed by atoms with E-state index in [9.17, 15) is 4.79 Å². The highest BCUT2D eigenvalue weighted by atomic mass is 32.1. The first-order chi connectivity index (χ1) is 15.5. The predicted molar refractivity (Wildman–Crippen MR) is 130 cm³/mol. The smallest absolute Gasteiger partial charge is 0.257 e. The van der Waals surface area contributed by atoms with Crippen LogP contribution in [0.25, 0.3) is 15.5 Å². The minimum absolute atomic E-state index is 0.228. The van der Waals surface area contributed by atoms with Crippen molar-refractivity contribution >= 4 is 45.2 Å². The predicted octanol–water partition coefficient (Wildman–Crippen LogP) is 4.25. The van der Waals surface area contributed by atoms with Gasteiger partial charge in [-0.3, -0.25) is 10.1 Å². The SMILES string of the molecule is CCOc1ccc(C(=O)NC(=S)Nc2ccc(-c3nn4c(CC)nnc4s3)cc2C)cc1. The summed E-state index contributed by atoms with van der Waals surface area (Å²) in [5.41, 5.74) is 3.26. The van der Waals surface area contributed by atoms with Gasteiger partial charge in [0.15, 0.2) is 10.9 Å². The fourth-order valence-corrected chi connectivity index (χ4v) is 4.19. The maximum Gasteiger partial charge on any atom is 0.257 e. The van der Waals surface area contributed by atoms with Gasteiger partial charge in [-0.25, -0.2) is 0 Å². The first kappa shape index (κ1) is 21.8. The van der Waals surface area contributed by atoms with Crippen molar-refractivity contribution in [3.05, 3.63) is 59.4 Å². The van der Waals surface area contributed by atoms with E-state index in [4.69, 9.17) is 17.0 Å². The van der Waals surface area contributed by atoms with Crippen molar-refractivity contribution < 1.29 is 9.53 Å². The first-order valence-corrected chi connectivity index (χ1v) is 11.4. The summed E-state index contributed by atoms with van der Waals surface area (Å²) in [6, 6.07) is 12.8. The Balaban J connectivity index is 1.43. The van der Waals surface area contributed by atoms with Gasteiger partial charge in [0.1, 0.15) is 10.8 Å². The summed E-state index contributed by atoms with van der Waals surface area (Å²) in [4.78, 5) is 13.2. The second-order valence-corrected chi connectivity index (χ2v) is 8.33. The molecule has 10 heteroatoms. The summed E-state index contributed by atoms with van der Waals surface area (Å²) in [5, 5.41) is 19.8. The summed E-state index contributed by atoms with van der Waals surface area (Å²) < 4.78 is 7.18. The molecule has 2 N–H and O–H groups in total. The molecule has 4 rings (SSSR count). The summed E-state index contributed by atoms with van der Waals surface area (Å²) in [5.74, 6) is 1.27. The van der Waals surface area contributed by atoms with Crippen LogP contribution in [0.1, 0.15) is 35.6 Å². The molecule has 0 aliphatic heterocycles. The third-order valence-electron chi connectivity index (χ3n) is 4.75. The Morgan fingerprint density at radius 3 is 2.62 bits per heavy atom. The number of rotatable bonds is 6. The number of anilines is 1. The summed E-state index contributed by atoms with van der Waals surface area (Å²) in [6.07, 6.45) is 0.770. The van der Waals surface area contributed by atoms with Crippen LogP contribution in [0.15, 0.2) is 42.5 Å². The van der Waals surface area contributed by atoms with Crippen molar-refractivity contribution in [2.45, 2.75) is 27.2 Å². The first-order valence-electron chi connectivity index (χ1n) is 10.2. The molecule has 2 heterocycles. The fraction of sp³-hybridized carbons (Fsp3) is 0.227. The van der Waals surface area contributed by atoms with E-state index >= 15 is 0 Å². The van der Waals surface area contributed by atoms with Gasteiger partial charge in [0.2, 0.25) is 4.96 Å². The number of hydrogen-bond donors (Lipinski definition) is 2. The highest BCUT2D eigenvalue weighted by molar-refractivity contribution is 7.80. The van der Waals surface area contributed by atoms with Gasteiger partial charge < -0.3 is 10.1 Å². The van der Waals surface area contributed by atoms with E-state index < -0.39 is 0 Å². The topological polar surface area (TPSA) is 93.4 Å². The quantitative estimate of drug-likeness (QED) is 0.410. The molecule has 4 aromatic rings. The van der Waals surface area contributed by atoms with Gasteiger partial charge in [-0.1, -0.05) is 18.3 Å². The number of fused-ring (bicyclic) bond motifs is 1. The lowest BCUT2D eigenvalue weighted by Gasteiger charge is -2.12. The molecule has 0 bridgehead atoms. The van der Waals surface area contributed by atoms with Crippen LogP contribution in [0.4, 0.5) is 5.69 Å². The molecule has 1 amide bonds. The van der Waals surface area contributed by atoms with E-state index in [0.29, 0.717) is 12.2 Å². The van der Waals surface area contributed by atoms with Crippen LogP contribution in [0.5, 0.6) is 5.75 Å². The second-order valence-electron chi connectivity index (χ2n) is 6.97. The fourth-order valence-electron chi connectivity index (χ4n) is 3.13. The number of amides is 1. The molecule has 0 aliphatic carbocycles. The van der Waals surface area contributed by atoms with Crippen molar-refractivity contribution in [3.63, 3.8) is 0 Å². The number of carbonyl (C=O) groups excluding carboxylic acids is 1. The van der Waals surface area contributed by atoms with Crippen molar-refractivity contribution in [1.29, 1.82) is 0 Å². The van der Waals surface area contributed by atoms with E-state index in [1.165, 1.54) is 11.3 Å². The Kier molecular flexibility index (Phi) is 6.42. The molecular formula is C22H22N6O2S2. The highest BCUT2D eigenvalue weighted by Crippen LogP contribution is 2.28. The zero-order valence-corrected chi connectivity index (χ0v) is 19.5. The van der Waals surface area contributed by atoms with Gasteiger partial charge in [0, 0.05) is 23.2 Å². The zero-order valence-electron chi connectivity index (χ0n) is 17.9. The van der Waals surface area contributed by atoms with Gasteiger partial charge in [0.25, 0.3) is 5.91 Å². The molecule has 0 radical (unpaired) electrons. The Labute approximate surface area is 194 Å². The summed E-state index contributed by atoms with van der Waals surface area (Å²) in [6.45, 7) is 6.48. The molecule has 0 saturated heterocycles. The number of ether oxygens (including phenoxy) is 1. The van der Waals surface area contributed by atoms with E-state index in [-0.39, 0.29) is 11.0 Å². The Bertz CT molecular complexity index is 1280. The van der Waals surface area contributed by atoms with Gasteiger partial charge in [-0.2, -0.15) is 9.61 Å². The normalized spacial score (nSPS) is 10.8. The van der Waals surface area contributed by atoms with Crippen LogP contribution >= 0.6 is 23.6 Å². The second kappa shape index (κ2) is 9.41. The van der Waals surface area contributed by atoms with Gasteiger partial charge in [-0.05, 0) is 74.1 Å². The lowest BCUT2D eigenvalue weighted by molar-refractivity contribution is 0.0977. The molecule has 0 saturated carbocycles. The number of benzene rings is 2. The third-order valence-corrected chi connectivity index (χ3v) is 5.90. The standard InChI is InChI=1S/C22H22N6O2S2/c1-4-18-25-26-22-28(18)27-20(32-22)15-8-11-17(13(3)12-15)23-21(31)24-19(29)14-6-9-16(10-7-14)30-5-2/h6-12H,4-5H2,1-3H3,(H2,23,24,29,31). The monoisotopic (exact) mass is 466 g/mol. The van der Waals surface area contributed by atoms with Crippen molar-refractivity contribution in [1.82, 2.24) is 25.1 Å². The highest BCUT2D eigenvalue weighted by Gasteiger charge is 2.14. The maximum atomic E-state index is 12.5. The van der Waals surface area contributed by atoms with E-state index in [1.54, 1.807) is 28.8 Å². The summed E-state index contributed by atoms with van der Waals surface area (Å²) in [7, 11) is 0. The minimum Gasteiger partial charge on any atom is -0.494 e. The molecule has 0 fully saturated rings. The van der Waals surface area contributed by atoms with Crippen molar-refractivity contribution in [2.75, 3.05) is 11.9 Å². The Morgan fingerprint density at radius 2 is 1.94 bits per heavy atom. The lowest BCUT2D eigenvalue weighted by atomic mass is 10.1. The van der Waals surface area contributed by atoms with Crippen LogP contribution in [0.2, 0.25) is 0 Å². The molecule has 2 aromatic heterocycles. The van der Waals surface area contributed by atoms with Crippen LogP contribution in [0.3, 0.4) is 0 Å². The largest absolute Gasteiger partial charge is 0.494 e. The lowest BCUT2D eigenvalue weighted by Crippen LogP contribution is -2.34. The minimum atomic E-state index is -0.286. The Morgan fingerprint density at radius 1 is 1.16 bits per heavy atom. The molecule has 0 aliphatic rings. The molecule has 0 unspecified atom stereocenters. The van der Waals surface area contributed by atoms with E-state index in [2.05, 4.69) is 25.9 Å². The molecule has 164 valence electrons. The average Bonchev–Trinajstić information content (AvgIpc) is 3.36. The van der Waals surface area contributed by atoms with Crippen molar-refractivity contribution in [3.8, 4) is 16.3 Å². The molecule has 8 nitrogen and oxygen atoms in total. The average molecular weight is 467 g/mol. The number of aryl methyl sites for hydroxylation is 2. The molecule has 2 aromatic carbocycles. The van der Waals surface area contributed by atoms with Crippen molar-refractivity contribution in [2.24, 2.45) is 0 Å². The number of thiocarbonyl (C=S) groups is 1. The van der Waals surface area contributed by atoms with Crippen LogP contribution in [-0.2, 0) is 6.42 Å². The zero-order chi connectivity index (χ0) is 22.7. The van der Waals surface area contributed by atoms with Crippen LogP contribution in [0, 0.1) is 6.92 Å². The molecule has 0 spiro atoms. The summed E-state index contributed by atoms with van der Waals surface area (Å²) >= 11 is 6.82. The maximum absolute atomic E-state index is 12.5. The Hall–Kier alpha value is -3.37. The number of carbonyl (C=O) groups is 1. The molecule has 0 atom stereocenters. The van der Waals surface area contributed by atoms with Crippen LogP contribution < -0.4 is 15.4 Å². The third kappa shape index (κ3) is 4.61. The number of nitrogens with zero attached hydrogens (tertiary/aromatic N) is 4. The van der Waals surface area contributed by atoms with E-state index in [1.807, 2.05) is 39.0 Å². The van der Waals surface area contributed by atoms with Gasteiger partial charge >= 0.3 is 0 Å². The van der Waals surface area contributed by atoms with Crippen LogP contribution in [-0.4, -0.2) is 37.4 Å². The van der Waals surface area contributed by atoms with Gasteiger partial charge in [0.05, 0.1) is 6.61 Å². The number of hydrogen-bond acceptors (Lipinski definition) is 7. The number of nitrogens with one attached hydrogen (secondary N) is 2. The molecular weight excluding hydrogens is 444 g/mol. The van der Waals surface area contributed by atoms with E-state index in [0.717, 1.165) is 44.8 Å². The van der Waals surface area contributed by atoms with Gasteiger partial charge in [-0.15, -0.1) is 10.2 Å². The molecule has 32 heavy (non-hydrogen) atoms. The number of aromatic nitrogens is 4.